The van der Waals surface area contributed by atoms with E-state index in [9.17, 15) is 0 Å². The number of nitrogens with one attached hydrogen (secondary N) is 1. The molecular weight excluding hydrogens is 232 g/mol. The van der Waals surface area contributed by atoms with Crippen molar-refractivity contribution >= 4 is 0 Å². The third kappa shape index (κ3) is 3.58. The predicted octanol–water partition coefficient (Wildman–Crippen LogP) is 3.01. The summed E-state index contributed by atoms with van der Waals surface area (Å²) < 4.78 is 0. The van der Waals surface area contributed by atoms with Crippen LogP contribution in [-0.4, -0.2) is 37.1 Å². The highest BCUT2D eigenvalue weighted by Gasteiger charge is 2.23. The Kier molecular flexibility index (Phi) is 4.52. The van der Waals surface area contributed by atoms with Gasteiger partial charge in [0.1, 0.15) is 0 Å². The number of likely N-dealkylation sites (tertiary alicyclic amines) is 1. The summed E-state index contributed by atoms with van der Waals surface area (Å²) in [4.78, 5) is 2.62. The Hall–Kier alpha value is -0.860. The van der Waals surface area contributed by atoms with Gasteiger partial charge in [-0.25, -0.2) is 0 Å². The lowest BCUT2D eigenvalue weighted by Crippen LogP contribution is -2.35. The summed E-state index contributed by atoms with van der Waals surface area (Å²) >= 11 is 0. The maximum absolute atomic E-state index is 3.72. The Balaban J connectivity index is 1.39. The summed E-state index contributed by atoms with van der Waals surface area (Å²) in [5, 5.41) is 3.72. The highest BCUT2D eigenvalue weighted by Crippen LogP contribution is 2.26. The van der Waals surface area contributed by atoms with Crippen LogP contribution in [0.25, 0.3) is 0 Å². The van der Waals surface area contributed by atoms with E-state index in [1.165, 1.54) is 63.8 Å². The molecule has 2 aliphatic rings. The molecule has 2 heteroatoms. The molecule has 1 heterocycles. The SMILES string of the molecule is c1ccc(C2CCN(CCNC3CCCC3)C2)cc1. The number of benzene rings is 1. The Labute approximate surface area is 117 Å². The zero-order chi connectivity index (χ0) is 12.9. The van der Waals surface area contributed by atoms with E-state index in [1.54, 1.807) is 0 Å². The summed E-state index contributed by atoms with van der Waals surface area (Å²) in [7, 11) is 0. The summed E-state index contributed by atoms with van der Waals surface area (Å²) in [5.74, 6) is 0.757. The topological polar surface area (TPSA) is 15.3 Å². The van der Waals surface area contributed by atoms with Crippen molar-refractivity contribution in [3.8, 4) is 0 Å². The molecule has 0 amide bonds. The third-order valence-electron chi connectivity index (χ3n) is 4.76. The van der Waals surface area contributed by atoms with Gasteiger partial charge >= 0.3 is 0 Å². The average Bonchev–Trinajstić information content (AvgIpc) is 3.11. The van der Waals surface area contributed by atoms with Crippen molar-refractivity contribution in [2.45, 2.75) is 44.1 Å². The Morgan fingerprint density at radius 3 is 2.63 bits per heavy atom. The van der Waals surface area contributed by atoms with Crippen molar-refractivity contribution in [3.63, 3.8) is 0 Å². The van der Waals surface area contributed by atoms with Crippen molar-refractivity contribution in [2.75, 3.05) is 26.2 Å². The molecule has 0 spiro atoms. The van der Waals surface area contributed by atoms with Crippen LogP contribution in [0.3, 0.4) is 0 Å². The van der Waals surface area contributed by atoms with Crippen LogP contribution in [0, 0.1) is 0 Å². The fourth-order valence-electron chi connectivity index (χ4n) is 3.59. The molecule has 0 aromatic heterocycles. The smallest absolute Gasteiger partial charge is 0.0107 e. The third-order valence-corrected chi connectivity index (χ3v) is 4.76. The monoisotopic (exact) mass is 258 g/mol. The number of hydrogen-bond acceptors (Lipinski definition) is 2. The van der Waals surface area contributed by atoms with E-state index < -0.39 is 0 Å². The second kappa shape index (κ2) is 6.53. The van der Waals surface area contributed by atoms with Crippen LogP contribution in [0.15, 0.2) is 30.3 Å². The van der Waals surface area contributed by atoms with Gasteiger partial charge in [-0.05, 0) is 37.3 Å². The van der Waals surface area contributed by atoms with E-state index in [1.807, 2.05) is 0 Å². The quantitative estimate of drug-likeness (QED) is 0.873. The summed E-state index contributed by atoms with van der Waals surface area (Å²) in [6, 6.07) is 11.8. The molecule has 1 saturated heterocycles. The van der Waals surface area contributed by atoms with Gasteiger partial charge in [0.15, 0.2) is 0 Å². The van der Waals surface area contributed by atoms with Crippen LogP contribution < -0.4 is 5.32 Å². The fraction of sp³-hybridized carbons (Fsp3) is 0.647. The van der Waals surface area contributed by atoms with Gasteiger partial charge in [-0.15, -0.1) is 0 Å². The van der Waals surface area contributed by atoms with E-state index in [0.29, 0.717) is 0 Å². The first-order valence-electron chi connectivity index (χ1n) is 7.92. The van der Waals surface area contributed by atoms with Crippen LogP contribution in [0.4, 0.5) is 0 Å². The lowest BCUT2D eigenvalue weighted by molar-refractivity contribution is 0.323. The lowest BCUT2D eigenvalue weighted by atomic mass is 9.99. The minimum Gasteiger partial charge on any atom is -0.313 e. The largest absolute Gasteiger partial charge is 0.313 e. The van der Waals surface area contributed by atoms with Crippen LogP contribution in [-0.2, 0) is 0 Å². The summed E-state index contributed by atoms with van der Waals surface area (Å²) in [6.07, 6.45) is 6.97. The molecule has 1 unspecified atom stereocenters. The molecule has 1 aromatic carbocycles. The molecule has 1 aromatic rings. The summed E-state index contributed by atoms with van der Waals surface area (Å²) in [5.41, 5.74) is 1.52. The number of nitrogens with zero attached hydrogens (tertiary/aromatic N) is 1. The van der Waals surface area contributed by atoms with Gasteiger partial charge in [-0.1, -0.05) is 43.2 Å². The maximum atomic E-state index is 3.72. The minimum absolute atomic E-state index is 0.757. The Bertz CT molecular complexity index is 370. The number of rotatable bonds is 5. The normalized spacial score (nSPS) is 25.2. The molecule has 0 bridgehead atoms. The lowest BCUT2D eigenvalue weighted by Gasteiger charge is -2.18. The van der Waals surface area contributed by atoms with Crippen LogP contribution in [0.5, 0.6) is 0 Å². The molecular formula is C17H26N2. The molecule has 1 atom stereocenters. The van der Waals surface area contributed by atoms with Gasteiger partial charge < -0.3 is 10.2 Å². The Morgan fingerprint density at radius 2 is 1.84 bits per heavy atom. The predicted molar refractivity (Wildman–Crippen MR) is 80.5 cm³/mol. The van der Waals surface area contributed by atoms with Crippen molar-refractivity contribution < 1.29 is 0 Å². The highest BCUT2D eigenvalue weighted by atomic mass is 15.2. The molecule has 1 aliphatic carbocycles. The molecule has 3 rings (SSSR count). The number of hydrogen-bond donors (Lipinski definition) is 1. The molecule has 19 heavy (non-hydrogen) atoms. The maximum Gasteiger partial charge on any atom is 0.0107 e. The van der Waals surface area contributed by atoms with Gasteiger partial charge in [-0.3, -0.25) is 0 Å². The standard InChI is InChI=1S/C17H26N2/c1-2-6-15(7-3-1)16-10-12-19(14-16)13-11-18-17-8-4-5-9-17/h1-3,6-7,16-18H,4-5,8-14H2. The molecule has 0 radical (unpaired) electrons. The molecule has 1 N–H and O–H groups in total. The van der Waals surface area contributed by atoms with Crippen molar-refractivity contribution in [3.05, 3.63) is 35.9 Å². The van der Waals surface area contributed by atoms with Crippen molar-refractivity contribution in [2.24, 2.45) is 0 Å². The zero-order valence-electron chi connectivity index (χ0n) is 11.9. The average molecular weight is 258 g/mol. The first-order valence-corrected chi connectivity index (χ1v) is 7.92. The highest BCUT2D eigenvalue weighted by molar-refractivity contribution is 5.20. The van der Waals surface area contributed by atoms with E-state index in [0.717, 1.165) is 12.0 Å². The minimum atomic E-state index is 0.757. The van der Waals surface area contributed by atoms with Crippen molar-refractivity contribution in [1.82, 2.24) is 10.2 Å². The first kappa shape index (κ1) is 13.1. The molecule has 2 fully saturated rings. The van der Waals surface area contributed by atoms with Crippen LogP contribution in [0.1, 0.15) is 43.6 Å². The first-order chi connectivity index (χ1) is 9.42. The van der Waals surface area contributed by atoms with Gasteiger partial charge in [0.05, 0.1) is 0 Å². The second-order valence-corrected chi connectivity index (χ2v) is 6.13. The van der Waals surface area contributed by atoms with E-state index in [-0.39, 0.29) is 0 Å². The Morgan fingerprint density at radius 1 is 1.05 bits per heavy atom. The molecule has 2 nitrogen and oxygen atoms in total. The van der Waals surface area contributed by atoms with Crippen molar-refractivity contribution in [1.29, 1.82) is 0 Å². The van der Waals surface area contributed by atoms with E-state index in [2.05, 4.69) is 40.5 Å². The van der Waals surface area contributed by atoms with Gasteiger partial charge in [0.25, 0.3) is 0 Å². The van der Waals surface area contributed by atoms with E-state index in [4.69, 9.17) is 0 Å². The zero-order valence-corrected chi connectivity index (χ0v) is 11.9. The van der Waals surface area contributed by atoms with Crippen LogP contribution in [0.2, 0.25) is 0 Å². The van der Waals surface area contributed by atoms with Gasteiger partial charge in [0.2, 0.25) is 0 Å². The molecule has 1 saturated carbocycles. The van der Waals surface area contributed by atoms with Crippen LogP contribution >= 0.6 is 0 Å². The second-order valence-electron chi connectivity index (χ2n) is 6.13. The van der Waals surface area contributed by atoms with Gasteiger partial charge in [-0.2, -0.15) is 0 Å². The fourth-order valence-corrected chi connectivity index (χ4v) is 3.59. The van der Waals surface area contributed by atoms with E-state index >= 15 is 0 Å². The molecule has 104 valence electrons. The van der Waals surface area contributed by atoms with Gasteiger partial charge in [0, 0.05) is 25.7 Å². The molecule has 1 aliphatic heterocycles. The summed E-state index contributed by atoms with van der Waals surface area (Å²) in [6.45, 7) is 4.91.